The summed E-state index contributed by atoms with van der Waals surface area (Å²) in [5, 5.41) is 0. The number of carbonyl (C=O) groups excluding carboxylic acids is 2. The van der Waals surface area contributed by atoms with Crippen LogP contribution in [0.1, 0.15) is 31.7 Å². The molecule has 16 heavy (non-hydrogen) atoms. The lowest BCUT2D eigenvalue weighted by molar-refractivity contribution is -0.122. The lowest BCUT2D eigenvalue weighted by atomic mass is 10.1. The van der Waals surface area contributed by atoms with E-state index in [0.29, 0.717) is 19.3 Å². The van der Waals surface area contributed by atoms with Crippen molar-refractivity contribution in [1.82, 2.24) is 4.98 Å². The number of aromatic nitrogens is 1. The minimum Gasteiger partial charge on any atom is -0.300 e. The first-order valence-electron chi connectivity index (χ1n) is 5.35. The highest BCUT2D eigenvalue weighted by Crippen LogP contribution is 2.02. The lowest BCUT2D eigenvalue weighted by Crippen LogP contribution is -2.00. The van der Waals surface area contributed by atoms with Crippen molar-refractivity contribution in [3.05, 3.63) is 36.2 Å². The Morgan fingerprint density at radius 3 is 2.56 bits per heavy atom. The van der Waals surface area contributed by atoms with Crippen LogP contribution >= 0.6 is 0 Å². The fourth-order valence-electron chi connectivity index (χ4n) is 1.19. The molecule has 0 radical (unpaired) electrons. The average Bonchev–Trinajstić information content (AvgIpc) is 2.34. The average molecular weight is 217 g/mol. The summed E-state index contributed by atoms with van der Waals surface area (Å²) in [6, 6.07) is 3.64. The maximum atomic E-state index is 11.4. The zero-order valence-corrected chi connectivity index (χ0v) is 9.35. The lowest BCUT2D eigenvalue weighted by Gasteiger charge is -1.94. The number of carbonyl (C=O) groups is 2. The Kier molecular flexibility index (Phi) is 5.12. The highest BCUT2D eigenvalue weighted by molar-refractivity contribution is 5.95. The first-order chi connectivity index (χ1) is 7.72. The summed E-state index contributed by atoms with van der Waals surface area (Å²) in [5.74, 6) is 0.115. The molecule has 0 bridgehead atoms. The van der Waals surface area contributed by atoms with E-state index in [4.69, 9.17) is 0 Å². The molecule has 84 valence electrons. The molecule has 3 heteroatoms. The van der Waals surface area contributed by atoms with E-state index in [9.17, 15) is 9.59 Å². The molecule has 0 aliphatic carbocycles. The zero-order valence-electron chi connectivity index (χ0n) is 9.35. The van der Waals surface area contributed by atoms with E-state index in [1.807, 2.05) is 12.1 Å². The molecular formula is C13H15NO2. The molecule has 1 aromatic heterocycles. The number of hydrogen-bond donors (Lipinski definition) is 0. The number of nitrogens with zero attached hydrogens (tertiary/aromatic N) is 1. The van der Waals surface area contributed by atoms with Crippen molar-refractivity contribution in [2.45, 2.75) is 26.2 Å². The topological polar surface area (TPSA) is 47.0 Å². The van der Waals surface area contributed by atoms with Crippen LogP contribution < -0.4 is 0 Å². The maximum absolute atomic E-state index is 11.4. The van der Waals surface area contributed by atoms with E-state index in [1.54, 1.807) is 25.4 Å². The van der Waals surface area contributed by atoms with Crippen LogP contribution in [0.5, 0.6) is 0 Å². The summed E-state index contributed by atoms with van der Waals surface area (Å²) < 4.78 is 0. The fraction of sp³-hybridized carbons (Fsp3) is 0.308. The highest BCUT2D eigenvalue weighted by Gasteiger charge is 2.01. The molecule has 0 saturated carbocycles. The van der Waals surface area contributed by atoms with Gasteiger partial charge < -0.3 is 0 Å². The zero-order chi connectivity index (χ0) is 11.8. The Balaban J connectivity index is 2.40. The van der Waals surface area contributed by atoms with Crippen molar-refractivity contribution in [3.8, 4) is 0 Å². The number of hydrogen-bond acceptors (Lipinski definition) is 3. The molecular weight excluding hydrogens is 202 g/mol. The second-order valence-electron chi connectivity index (χ2n) is 3.47. The minimum absolute atomic E-state index is 0.0152. The summed E-state index contributed by atoms with van der Waals surface area (Å²) >= 11 is 0. The van der Waals surface area contributed by atoms with Crippen molar-refractivity contribution >= 4 is 17.6 Å². The van der Waals surface area contributed by atoms with Gasteiger partial charge in [-0.25, -0.2) is 0 Å². The van der Waals surface area contributed by atoms with Crippen molar-refractivity contribution in [1.29, 1.82) is 0 Å². The van der Waals surface area contributed by atoms with E-state index >= 15 is 0 Å². The molecule has 0 atom stereocenters. The van der Waals surface area contributed by atoms with Crippen LogP contribution in [-0.4, -0.2) is 16.6 Å². The predicted molar refractivity (Wildman–Crippen MR) is 62.8 cm³/mol. The van der Waals surface area contributed by atoms with Crippen LogP contribution in [0, 0.1) is 0 Å². The highest BCUT2D eigenvalue weighted by atomic mass is 16.1. The van der Waals surface area contributed by atoms with Gasteiger partial charge in [0, 0.05) is 31.7 Å². The SMILES string of the molecule is CCC(=O)CCC(=O)/C=C/c1ccncc1. The van der Waals surface area contributed by atoms with Gasteiger partial charge in [0.05, 0.1) is 0 Å². The van der Waals surface area contributed by atoms with Gasteiger partial charge >= 0.3 is 0 Å². The molecule has 0 spiro atoms. The van der Waals surface area contributed by atoms with Gasteiger partial charge in [-0.1, -0.05) is 13.0 Å². The molecule has 3 nitrogen and oxygen atoms in total. The Bertz CT molecular complexity index is 382. The molecule has 1 heterocycles. The number of rotatable bonds is 6. The van der Waals surface area contributed by atoms with Crippen molar-refractivity contribution in [2.24, 2.45) is 0 Å². The molecule has 1 aromatic rings. The van der Waals surface area contributed by atoms with Gasteiger partial charge in [-0.15, -0.1) is 0 Å². The summed E-state index contributed by atoms with van der Waals surface area (Å²) in [7, 11) is 0. The molecule has 0 fully saturated rings. The summed E-state index contributed by atoms with van der Waals surface area (Å²) in [6.45, 7) is 1.81. The van der Waals surface area contributed by atoms with Crippen molar-refractivity contribution < 1.29 is 9.59 Å². The Morgan fingerprint density at radius 2 is 1.94 bits per heavy atom. The Hall–Kier alpha value is -1.77. The summed E-state index contributed by atoms with van der Waals surface area (Å²) in [6.07, 6.45) is 7.74. The first kappa shape index (κ1) is 12.3. The van der Waals surface area contributed by atoms with Gasteiger partial charge in [0.2, 0.25) is 0 Å². The third-order valence-electron chi connectivity index (χ3n) is 2.21. The largest absolute Gasteiger partial charge is 0.300 e. The molecule has 0 saturated heterocycles. The summed E-state index contributed by atoms with van der Waals surface area (Å²) in [4.78, 5) is 26.3. The first-order valence-corrected chi connectivity index (χ1v) is 5.35. The quantitative estimate of drug-likeness (QED) is 0.687. The number of Topliss-reactive ketones (excluding diaryl/α,β-unsaturated/α-hetero) is 1. The van der Waals surface area contributed by atoms with E-state index in [0.717, 1.165) is 5.56 Å². The number of ketones is 2. The molecule has 0 aromatic carbocycles. The van der Waals surface area contributed by atoms with Crippen LogP contribution in [0.25, 0.3) is 6.08 Å². The van der Waals surface area contributed by atoms with Crippen LogP contribution in [0.4, 0.5) is 0 Å². The van der Waals surface area contributed by atoms with Gasteiger partial charge in [0.1, 0.15) is 5.78 Å². The minimum atomic E-state index is -0.0152. The van der Waals surface area contributed by atoms with Crippen LogP contribution in [-0.2, 0) is 9.59 Å². The van der Waals surface area contributed by atoms with Crippen LogP contribution in [0.2, 0.25) is 0 Å². The molecule has 0 aliphatic heterocycles. The van der Waals surface area contributed by atoms with Gasteiger partial charge in [0.15, 0.2) is 5.78 Å². The monoisotopic (exact) mass is 217 g/mol. The van der Waals surface area contributed by atoms with Crippen LogP contribution in [0.3, 0.4) is 0 Å². The maximum Gasteiger partial charge on any atom is 0.156 e. The third-order valence-corrected chi connectivity index (χ3v) is 2.21. The summed E-state index contributed by atoms with van der Waals surface area (Å²) in [5.41, 5.74) is 0.935. The smallest absolute Gasteiger partial charge is 0.156 e. The number of allylic oxidation sites excluding steroid dienone is 1. The molecule has 0 N–H and O–H groups in total. The molecule has 0 unspecified atom stereocenters. The van der Waals surface area contributed by atoms with E-state index < -0.39 is 0 Å². The van der Waals surface area contributed by atoms with E-state index in [2.05, 4.69) is 4.98 Å². The fourth-order valence-corrected chi connectivity index (χ4v) is 1.19. The number of pyridine rings is 1. The third kappa shape index (κ3) is 4.64. The normalized spacial score (nSPS) is 10.6. The second-order valence-corrected chi connectivity index (χ2v) is 3.47. The van der Waals surface area contributed by atoms with Gasteiger partial charge in [-0.2, -0.15) is 0 Å². The molecule has 1 rings (SSSR count). The standard InChI is InChI=1S/C13H15NO2/c1-2-12(15)5-6-13(16)4-3-11-7-9-14-10-8-11/h3-4,7-10H,2,5-6H2,1H3/b4-3+. The van der Waals surface area contributed by atoms with Crippen molar-refractivity contribution in [3.63, 3.8) is 0 Å². The van der Waals surface area contributed by atoms with Gasteiger partial charge in [-0.3, -0.25) is 14.6 Å². The van der Waals surface area contributed by atoms with Crippen molar-refractivity contribution in [2.75, 3.05) is 0 Å². The molecule has 0 amide bonds. The molecule has 0 aliphatic rings. The van der Waals surface area contributed by atoms with E-state index in [-0.39, 0.29) is 11.6 Å². The van der Waals surface area contributed by atoms with Gasteiger partial charge in [0.25, 0.3) is 0 Å². The Labute approximate surface area is 95.2 Å². The second kappa shape index (κ2) is 6.67. The van der Waals surface area contributed by atoms with E-state index in [1.165, 1.54) is 6.08 Å². The predicted octanol–water partition coefficient (Wildman–Crippen LogP) is 2.42. The van der Waals surface area contributed by atoms with Gasteiger partial charge in [-0.05, 0) is 23.8 Å². The van der Waals surface area contributed by atoms with Crippen LogP contribution in [0.15, 0.2) is 30.6 Å². The Morgan fingerprint density at radius 1 is 1.25 bits per heavy atom.